The molecular weight excluding hydrogens is 301 g/mol. The first kappa shape index (κ1) is 13.4. The molecule has 0 aliphatic rings. The fraction of sp³-hybridized carbons (Fsp3) is 0.222. The molecule has 8 heteroatoms. The summed E-state index contributed by atoms with van der Waals surface area (Å²) in [6, 6.07) is 1.62. The molecule has 0 saturated carbocycles. The Kier molecular flexibility index (Phi) is 4.00. The summed E-state index contributed by atoms with van der Waals surface area (Å²) >= 11 is 2.88. The Morgan fingerprint density at radius 2 is 2.24 bits per heavy atom. The molecule has 0 spiro atoms. The van der Waals surface area contributed by atoms with Crippen LogP contribution in [0.1, 0.15) is 6.92 Å². The molecule has 1 atom stereocenters. The van der Waals surface area contributed by atoms with Gasteiger partial charge >= 0.3 is 11.7 Å². The SMILES string of the molecule is C[C@H](Oc1c(Br)cc(F)cc1[N+](=O)[O-])C(=O)O. The minimum Gasteiger partial charge on any atom is -0.479 e. The van der Waals surface area contributed by atoms with E-state index in [1.807, 2.05) is 0 Å². The Hall–Kier alpha value is -1.70. The van der Waals surface area contributed by atoms with Crippen molar-refractivity contribution in [2.75, 3.05) is 0 Å². The first-order chi connectivity index (χ1) is 7.82. The van der Waals surface area contributed by atoms with Crippen molar-refractivity contribution in [3.05, 3.63) is 32.5 Å². The van der Waals surface area contributed by atoms with Crippen LogP contribution in [0.25, 0.3) is 0 Å². The molecule has 1 aromatic rings. The lowest BCUT2D eigenvalue weighted by Crippen LogP contribution is -2.23. The number of hydrogen-bond acceptors (Lipinski definition) is 4. The number of nitro benzene ring substituents is 1. The number of nitrogens with zero attached hydrogens (tertiary/aromatic N) is 1. The summed E-state index contributed by atoms with van der Waals surface area (Å²) in [6.07, 6.45) is -1.28. The fourth-order valence-corrected chi connectivity index (χ4v) is 1.54. The van der Waals surface area contributed by atoms with Crippen molar-refractivity contribution in [2.45, 2.75) is 13.0 Å². The van der Waals surface area contributed by atoms with E-state index in [1.165, 1.54) is 6.92 Å². The molecule has 0 aliphatic carbocycles. The lowest BCUT2D eigenvalue weighted by Gasteiger charge is -2.11. The smallest absolute Gasteiger partial charge is 0.344 e. The molecule has 17 heavy (non-hydrogen) atoms. The summed E-state index contributed by atoms with van der Waals surface area (Å²) in [5.74, 6) is -2.42. The van der Waals surface area contributed by atoms with E-state index in [-0.39, 0.29) is 10.2 Å². The highest BCUT2D eigenvalue weighted by molar-refractivity contribution is 9.10. The van der Waals surface area contributed by atoms with Gasteiger partial charge in [-0.25, -0.2) is 9.18 Å². The number of aliphatic carboxylic acids is 1. The molecule has 0 saturated heterocycles. The lowest BCUT2D eigenvalue weighted by molar-refractivity contribution is -0.386. The van der Waals surface area contributed by atoms with Crippen LogP contribution in [0.5, 0.6) is 5.75 Å². The molecule has 0 fully saturated rings. The van der Waals surface area contributed by atoms with Gasteiger partial charge in [-0.05, 0) is 28.9 Å². The fourth-order valence-electron chi connectivity index (χ4n) is 1.03. The van der Waals surface area contributed by atoms with E-state index in [9.17, 15) is 19.3 Å². The van der Waals surface area contributed by atoms with Gasteiger partial charge in [-0.3, -0.25) is 10.1 Å². The monoisotopic (exact) mass is 307 g/mol. The minimum absolute atomic E-state index is 0.0164. The van der Waals surface area contributed by atoms with Crippen molar-refractivity contribution in [3.63, 3.8) is 0 Å². The Bertz CT molecular complexity index is 479. The highest BCUT2D eigenvalue weighted by atomic mass is 79.9. The highest BCUT2D eigenvalue weighted by Crippen LogP contribution is 2.36. The van der Waals surface area contributed by atoms with Gasteiger partial charge in [-0.1, -0.05) is 0 Å². The van der Waals surface area contributed by atoms with E-state index >= 15 is 0 Å². The van der Waals surface area contributed by atoms with E-state index in [1.54, 1.807) is 0 Å². The minimum atomic E-state index is -1.28. The Morgan fingerprint density at radius 1 is 1.65 bits per heavy atom. The van der Waals surface area contributed by atoms with Gasteiger partial charge in [0, 0.05) is 0 Å². The Balaban J connectivity index is 3.21. The van der Waals surface area contributed by atoms with Crippen molar-refractivity contribution in [3.8, 4) is 5.75 Å². The van der Waals surface area contributed by atoms with Gasteiger partial charge in [0.05, 0.1) is 15.5 Å². The zero-order chi connectivity index (χ0) is 13.2. The highest BCUT2D eigenvalue weighted by Gasteiger charge is 2.24. The number of halogens is 2. The molecule has 1 aromatic carbocycles. The standard InChI is InChI=1S/C9H7BrFNO5/c1-4(9(13)14)17-8-6(10)2-5(11)3-7(8)12(15)16/h2-4H,1H3,(H,13,14)/t4-/m0/s1. The van der Waals surface area contributed by atoms with Crippen LogP contribution in [0.3, 0.4) is 0 Å². The molecule has 0 unspecified atom stereocenters. The van der Waals surface area contributed by atoms with Gasteiger partial charge in [0.1, 0.15) is 5.82 Å². The lowest BCUT2D eigenvalue weighted by atomic mass is 10.3. The predicted octanol–water partition coefficient (Wildman–Crippen LogP) is 2.35. The molecule has 0 aromatic heterocycles. The first-order valence-electron chi connectivity index (χ1n) is 4.36. The van der Waals surface area contributed by atoms with Crippen molar-refractivity contribution < 1.29 is 24.0 Å². The van der Waals surface area contributed by atoms with Crippen LogP contribution < -0.4 is 4.74 Å². The van der Waals surface area contributed by atoms with Crippen LogP contribution >= 0.6 is 15.9 Å². The summed E-state index contributed by atoms with van der Waals surface area (Å²) < 4.78 is 17.8. The first-order valence-corrected chi connectivity index (χ1v) is 5.15. The number of rotatable bonds is 4. The van der Waals surface area contributed by atoms with E-state index < -0.39 is 28.5 Å². The molecule has 0 radical (unpaired) electrons. The van der Waals surface area contributed by atoms with Crippen LogP contribution in [0, 0.1) is 15.9 Å². The van der Waals surface area contributed by atoms with Gasteiger partial charge in [-0.15, -0.1) is 0 Å². The quantitative estimate of drug-likeness (QED) is 0.681. The molecule has 0 amide bonds. The maximum Gasteiger partial charge on any atom is 0.344 e. The summed E-state index contributed by atoms with van der Waals surface area (Å²) in [5.41, 5.74) is -0.634. The maximum absolute atomic E-state index is 13.0. The molecule has 0 aliphatic heterocycles. The van der Waals surface area contributed by atoms with Crippen LogP contribution in [0.15, 0.2) is 16.6 Å². The molecule has 6 nitrogen and oxygen atoms in total. The van der Waals surface area contributed by atoms with Gasteiger partial charge in [0.25, 0.3) is 0 Å². The third-order valence-electron chi connectivity index (χ3n) is 1.83. The zero-order valence-electron chi connectivity index (χ0n) is 8.52. The topological polar surface area (TPSA) is 89.7 Å². The summed E-state index contributed by atoms with van der Waals surface area (Å²) in [7, 11) is 0. The van der Waals surface area contributed by atoms with Crippen LogP contribution in [-0.2, 0) is 4.79 Å². The second-order valence-corrected chi connectivity index (χ2v) is 3.95. The number of benzene rings is 1. The molecule has 0 bridgehead atoms. The van der Waals surface area contributed by atoms with Crippen LogP contribution in [0.4, 0.5) is 10.1 Å². The number of nitro groups is 1. The van der Waals surface area contributed by atoms with Crippen LogP contribution in [0.2, 0.25) is 0 Å². The van der Waals surface area contributed by atoms with Gasteiger partial charge < -0.3 is 9.84 Å². The normalized spacial score (nSPS) is 11.9. The second-order valence-electron chi connectivity index (χ2n) is 3.09. The number of carbonyl (C=O) groups is 1. The van der Waals surface area contributed by atoms with E-state index in [4.69, 9.17) is 9.84 Å². The Morgan fingerprint density at radius 3 is 2.71 bits per heavy atom. The van der Waals surface area contributed by atoms with Crippen molar-refractivity contribution in [1.82, 2.24) is 0 Å². The Labute approximate surface area is 103 Å². The van der Waals surface area contributed by atoms with Gasteiger partial charge in [0.15, 0.2) is 6.10 Å². The van der Waals surface area contributed by atoms with Gasteiger partial charge in [-0.2, -0.15) is 0 Å². The van der Waals surface area contributed by atoms with E-state index in [0.29, 0.717) is 6.07 Å². The summed E-state index contributed by atoms with van der Waals surface area (Å²) in [4.78, 5) is 20.4. The largest absolute Gasteiger partial charge is 0.479 e. The molecule has 1 N–H and O–H groups in total. The van der Waals surface area contributed by atoms with Crippen molar-refractivity contribution in [2.24, 2.45) is 0 Å². The third-order valence-corrected chi connectivity index (χ3v) is 2.42. The summed E-state index contributed by atoms with van der Waals surface area (Å²) in [6.45, 7) is 1.21. The number of ether oxygens (including phenoxy) is 1. The molecular formula is C9H7BrFNO5. The molecule has 0 heterocycles. The maximum atomic E-state index is 13.0. The third kappa shape index (κ3) is 3.13. The molecule has 1 rings (SSSR count). The zero-order valence-corrected chi connectivity index (χ0v) is 10.1. The average molecular weight is 308 g/mol. The number of carboxylic acids is 1. The number of carboxylic acid groups (broad SMARTS) is 1. The van der Waals surface area contributed by atoms with Gasteiger partial charge in [0.2, 0.25) is 5.75 Å². The van der Waals surface area contributed by atoms with E-state index in [0.717, 1.165) is 6.07 Å². The van der Waals surface area contributed by atoms with Crippen molar-refractivity contribution >= 4 is 27.6 Å². The predicted molar refractivity (Wildman–Crippen MR) is 58.5 cm³/mol. The second kappa shape index (κ2) is 5.09. The number of hydrogen-bond donors (Lipinski definition) is 1. The van der Waals surface area contributed by atoms with Crippen molar-refractivity contribution in [1.29, 1.82) is 0 Å². The molecule has 92 valence electrons. The van der Waals surface area contributed by atoms with E-state index in [2.05, 4.69) is 15.9 Å². The average Bonchev–Trinajstić information content (AvgIpc) is 2.20. The van der Waals surface area contributed by atoms with Crippen LogP contribution in [-0.4, -0.2) is 22.1 Å². The summed E-state index contributed by atoms with van der Waals surface area (Å²) in [5, 5.41) is 19.3.